The quantitative estimate of drug-likeness (QED) is 0.455. The van der Waals surface area contributed by atoms with Crippen molar-refractivity contribution in [3.63, 3.8) is 0 Å². The minimum absolute atomic E-state index is 0. The fraction of sp³-hybridized carbons (Fsp3) is 0.100. The summed E-state index contributed by atoms with van der Waals surface area (Å²) in [4.78, 5) is 10.1. The molecule has 82 valence electrons. The van der Waals surface area contributed by atoms with Gasteiger partial charge in [-0.05, 0) is 29.8 Å². The van der Waals surface area contributed by atoms with Crippen LogP contribution in [0.5, 0.6) is 0 Å². The monoisotopic (exact) mass is 252 g/mol. The third kappa shape index (κ3) is 6.27. The van der Waals surface area contributed by atoms with Gasteiger partial charge in [0.25, 0.3) is 0 Å². The Kier molecular flexibility index (Phi) is 9.86. The van der Waals surface area contributed by atoms with Crippen LogP contribution >= 0.6 is 11.6 Å². The average Bonchev–Trinajstić information content (AvgIpc) is 2.15. The maximum absolute atomic E-state index is 10.1. The summed E-state index contributed by atoms with van der Waals surface area (Å²) in [6.07, 6.45) is 0.975. The molecule has 6 heteroatoms. The second-order valence-electron chi connectivity index (χ2n) is 2.67. The second kappa shape index (κ2) is 8.75. The normalized spacial score (nSPS) is 11.4. The van der Waals surface area contributed by atoms with Gasteiger partial charge < -0.3 is 20.5 Å². The van der Waals surface area contributed by atoms with Gasteiger partial charge in [-0.25, -0.2) is 0 Å². The number of aliphatic hydroxyl groups is 1. The van der Waals surface area contributed by atoms with Gasteiger partial charge in [0.1, 0.15) is 0 Å². The van der Waals surface area contributed by atoms with E-state index in [2.05, 4.69) is 0 Å². The molecule has 0 radical (unpaired) electrons. The van der Waals surface area contributed by atoms with E-state index in [9.17, 15) is 15.0 Å². The summed E-state index contributed by atoms with van der Waals surface area (Å²) in [6.45, 7) is 0. The summed E-state index contributed by atoms with van der Waals surface area (Å²) in [5.41, 5.74) is 0.576. The van der Waals surface area contributed by atoms with E-state index in [-0.39, 0.29) is 35.0 Å². The summed E-state index contributed by atoms with van der Waals surface area (Å²) >= 11 is 5.64. The molecular weight excluding hydrogens is 243 g/mol. The van der Waals surface area contributed by atoms with Gasteiger partial charge in [-0.1, -0.05) is 23.7 Å². The number of halogens is 1. The maximum atomic E-state index is 10.1. The van der Waals surface area contributed by atoms with E-state index in [1.165, 1.54) is 0 Å². The van der Waals surface area contributed by atoms with E-state index < -0.39 is 12.1 Å². The number of aliphatic hydroxyl groups excluding tert-OH is 1. The summed E-state index contributed by atoms with van der Waals surface area (Å²) in [5.74, 6) is -1.34. The molecule has 0 saturated heterocycles. The number of rotatable bonds is 3. The van der Waals surface area contributed by atoms with Crippen molar-refractivity contribution in [3.8, 4) is 0 Å². The molecular formula is C10H10ClNaO4. The van der Waals surface area contributed by atoms with Crippen LogP contribution in [0.4, 0.5) is 0 Å². The fourth-order valence-corrected chi connectivity index (χ4v) is 1.07. The van der Waals surface area contributed by atoms with Crippen LogP contribution in [0.25, 0.3) is 0 Å². The van der Waals surface area contributed by atoms with Gasteiger partial charge in [-0.2, -0.15) is 0 Å². The number of carboxylic acid groups (broad SMARTS) is 1. The molecule has 16 heavy (non-hydrogen) atoms. The first kappa shape index (κ1) is 18.0. The summed E-state index contributed by atoms with van der Waals surface area (Å²) in [6, 6.07) is 6.47. The molecule has 1 aromatic rings. The van der Waals surface area contributed by atoms with E-state index >= 15 is 0 Å². The topological polar surface area (TPSA) is 91.9 Å². The molecule has 1 atom stereocenters. The first-order valence-corrected chi connectivity index (χ1v) is 4.30. The van der Waals surface area contributed by atoms with Crippen molar-refractivity contribution in [2.75, 3.05) is 0 Å². The maximum Gasteiger partial charge on any atom is 1.00 e. The summed E-state index contributed by atoms with van der Waals surface area (Å²) < 4.78 is 0. The van der Waals surface area contributed by atoms with Crippen LogP contribution < -0.4 is 34.7 Å². The number of hydrogen-bond donors (Lipinski definition) is 1. The number of carboxylic acids is 1. The fourth-order valence-electron chi connectivity index (χ4n) is 0.941. The molecule has 1 aromatic carbocycles. The van der Waals surface area contributed by atoms with Gasteiger partial charge in [-0.15, -0.1) is 0 Å². The molecule has 0 bridgehead atoms. The van der Waals surface area contributed by atoms with Crippen molar-refractivity contribution in [3.05, 3.63) is 47.0 Å². The van der Waals surface area contributed by atoms with Gasteiger partial charge >= 0.3 is 29.6 Å². The van der Waals surface area contributed by atoms with Crippen LogP contribution in [-0.2, 0) is 4.79 Å². The van der Waals surface area contributed by atoms with Crippen LogP contribution in [0.1, 0.15) is 11.7 Å². The van der Waals surface area contributed by atoms with Crippen molar-refractivity contribution < 1.29 is 50.0 Å². The molecule has 0 aromatic heterocycles. The minimum Gasteiger partial charge on any atom is -0.545 e. The van der Waals surface area contributed by atoms with E-state index in [0.717, 1.165) is 12.2 Å². The molecule has 0 saturated carbocycles. The van der Waals surface area contributed by atoms with Crippen LogP contribution in [0, 0.1) is 0 Å². The Hall–Kier alpha value is -0.360. The zero-order chi connectivity index (χ0) is 10.6. The van der Waals surface area contributed by atoms with Crippen molar-refractivity contribution >= 4 is 17.6 Å². The van der Waals surface area contributed by atoms with Crippen LogP contribution in [0.15, 0.2) is 36.4 Å². The Labute approximate surface area is 120 Å². The van der Waals surface area contributed by atoms with E-state index in [1.807, 2.05) is 0 Å². The summed E-state index contributed by atoms with van der Waals surface area (Å²) in [5, 5.41) is 20.1. The molecule has 0 heterocycles. The molecule has 0 aliphatic heterocycles. The Morgan fingerprint density at radius 1 is 1.38 bits per heavy atom. The molecule has 4 nitrogen and oxygen atoms in total. The van der Waals surface area contributed by atoms with Crippen LogP contribution in [0.3, 0.4) is 0 Å². The molecule has 1 rings (SSSR count). The predicted octanol–water partition coefficient (Wildman–Crippen LogP) is -3.14. The van der Waals surface area contributed by atoms with Crippen molar-refractivity contribution in [1.82, 2.24) is 0 Å². The third-order valence-corrected chi connectivity index (χ3v) is 1.88. The Morgan fingerprint density at radius 2 is 1.88 bits per heavy atom. The first-order chi connectivity index (χ1) is 6.59. The first-order valence-electron chi connectivity index (χ1n) is 3.92. The molecule has 0 spiro atoms. The van der Waals surface area contributed by atoms with Gasteiger partial charge in [0.2, 0.25) is 0 Å². The SMILES string of the molecule is O.O=C([O-])C=CC(O)c1ccc(Cl)cc1.[Na+]. The molecule has 0 aliphatic carbocycles. The molecule has 0 amide bonds. The number of carbonyl (C=O) groups excluding carboxylic acids is 1. The summed E-state index contributed by atoms with van der Waals surface area (Å²) in [7, 11) is 0. The number of aliphatic carboxylic acids is 1. The molecule has 0 aliphatic rings. The molecule has 1 unspecified atom stereocenters. The van der Waals surface area contributed by atoms with E-state index in [4.69, 9.17) is 11.6 Å². The van der Waals surface area contributed by atoms with Gasteiger partial charge in [-0.3, -0.25) is 0 Å². The standard InChI is InChI=1S/C10H9ClO3.Na.H2O/c11-8-3-1-7(2-4-8)9(12)5-6-10(13)14;;/h1-6,9,12H,(H,13,14);;1H2/q;+1;/p-1. The van der Waals surface area contributed by atoms with Crippen LogP contribution in [0.2, 0.25) is 5.02 Å². The largest absolute Gasteiger partial charge is 1.00 e. The predicted molar refractivity (Wildman–Crippen MR) is 54.2 cm³/mol. The van der Waals surface area contributed by atoms with Gasteiger partial charge in [0.15, 0.2) is 0 Å². The van der Waals surface area contributed by atoms with E-state index in [1.54, 1.807) is 24.3 Å². The van der Waals surface area contributed by atoms with Crippen LogP contribution in [-0.4, -0.2) is 16.6 Å². The second-order valence-corrected chi connectivity index (χ2v) is 3.11. The molecule has 3 N–H and O–H groups in total. The number of carbonyl (C=O) groups is 1. The third-order valence-electron chi connectivity index (χ3n) is 1.63. The Bertz CT molecular complexity index is 350. The number of benzene rings is 1. The van der Waals surface area contributed by atoms with Crippen molar-refractivity contribution in [1.29, 1.82) is 0 Å². The number of hydrogen-bond acceptors (Lipinski definition) is 3. The van der Waals surface area contributed by atoms with Gasteiger partial charge in [0.05, 0.1) is 12.1 Å². The Morgan fingerprint density at radius 3 is 2.31 bits per heavy atom. The van der Waals surface area contributed by atoms with Gasteiger partial charge in [0, 0.05) is 5.02 Å². The van der Waals surface area contributed by atoms with Crippen molar-refractivity contribution in [2.45, 2.75) is 6.10 Å². The smallest absolute Gasteiger partial charge is 0.545 e. The van der Waals surface area contributed by atoms with E-state index in [0.29, 0.717) is 10.6 Å². The Balaban J connectivity index is 0. The zero-order valence-electron chi connectivity index (χ0n) is 8.68. The zero-order valence-corrected chi connectivity index (χ0v) is 11.4. The average molecular weight is 253 g/mol. The molecule has 0 fully saturated rings. The van der Waals surface area contributed by atoms with Crippen molar-refractivity contribution in [2.24, 2.45) is 0 Å². The minimum atomic E-state index is -1.34.